The highest BCUT2D eigenvalue weighted by Gasteiger charge is 2.30. The summed E-state index contributed by atoms with van der Waals surface area (Å²) in [6, 6.07) is 1.51. The molecule has 1 aliphatic rings. The average molecular weight is 332 g/mol. The number of nitrogens with two attached hydrogens (primary N) is 1. The quantitative estimate of drug-likeness (QED) is 0.599. The van der Waals surface area contributed by atoms with E-state index in [9.17, 15) is 13.2 Å². The van der Waals surface area contributed by atoms with Gasteiger partial charge in [0.15, 0.2) is 5.50 Å². The summed E-state index contributed by atoms with van der Waals surface area (Å²) in [4.78, 5) is 16.5. The molecule has 0 aromatic carbocycles. The minimum absolute atomic E-state index is 0.255. The van der Waals surface area contributed by atoms with E-state index in [0.717, 1.165) is 11.4 Å². The Balaban J connectivity index is 1.91. The summed E-state index contributed by atoms with van der Waals surface area (Å²) in [5, 5.41) is 4.14. The summed E-state index contributed by atoms with van der Waals surface area (Å²) < 4.78 is 31.0. The van der Waals surface area contributed by atoms with Gasteiger partial charge in [0.25, 0.3) is 10.1 Å². The smallest absolute Gasteiger partial charge is 0.321 e. The SMILES string of the molecule is Cc1cc(C)n(NC(=O)N2CCN(C(N)S(=O)(=O)O)CC2)n1. The molecule has 4 N–H and O–H groups in total. The molecule has 0 bridgehead atoms. The number of amides is 2. The Labute approximate surface area is 128 Å². The first-order valence-corrected chi connectivity index (χ1v) is 8.24. The molecule has 1 aromatic rings. The lowest BCUT2D eigenvalue weighted by Crippen LogP contribution is -2.57. The molecule has 11 heteroatoms. The van der Waals surface area contributed by atoms with Gasteiger partial charge in [-0.25, -0.2) is 10.2 Å². The first kappa shape index (κ1) is 16.7. The molecule has 1 aromatic heterocycles. The second kappa shape index (κ2) is 6.20. The zero-order chi connectivity index (χ0) is 16.5. The van der Waals surface area contributed by atoms with Crippen LogP contribution in [0.3, 0.4) is 0 Å². The maximum atomic E-state index is 12.1. The Kier molecular flexibility index (Phi) is 4.70. The van der Waals surface area contributed by atoms with Crippen molar-refractivity contribution in [1.29, 1.82) is 0 Å². The molecule has 22 heavy (non-hydrogen) atoms. The number of aromatic nitrogens is 2. The third kappa shape index (κ3) is 3.74. The van der Waals surface area contributed by atoms with E-state index in [0.29, 0.717) is 13.1 Å². The second-order valence-corrected chi connectivity index (χ2v) is 6.70. The Morgan fingerprint density at radius 3 is 2.41 bits per heavy atom. The molecular formula is C11H20N6O4S. The zero-order valence-corrected chi connectivity index (χ0v) is 13.2. The Hall–Kier alpha value is -1.69. The maximum absolute atomic E-state index is 12.1. The van der Waals surface area contributed by atoms with E-state index in [1.807, 2.05) is 19.9 Å². The molecule has 1 saturated heterocycles. The van der Waals surface area contributed by atoms with Gasteiger partial charge in [-0.15, -0.1) is 0 Å². The van der Waals surface area contributed by atoms with E-state index in [2.05, 4.69) is 10.5 Å². The molecule has 2 rings (SSSR count). The molecule has 0 aliphatic carbocycles. The van der Waals surface area contributed by atoms with E-state index in [1.54, 1.807) is 0 Å². The number of rotatable bonds is 3. The molecule has 124 valence electrons. The van der Waals surface area contributed by atoms with Crippen LogP contribution in [0.2, 0.25) is 0 Å². The van der Waals surface area contributed by atoms with Crippen LogP contribution in [0.15, 0.2) is 6.07 Å². The lowest BCUT2D eigenvalue weighted by atomic mass is 10.3. The van der Waals surface area contributed by atoms with Crippen molar-refractivity contribution in [3.63, 3.8) is 0 Å². The van der Waals surface area contributed by atoms with Gasteiger partial charge in [-0.2, -0.15) is 18.3 Å². The number of urea groups is 1. The van der Waals surface area contributed by atoms with Crippen molar-refractivity contribution in [1.82, 2.24) is 19.7 Å². The molecule has 1 aliphatic heterocycles. The molecule has 0 radical (unpaired) electrons. The monoisotopic (exact) mass is 332 g/mol. The number of hydrogen-bond donors (Lipinski definition) is 3. The van der Waals surface area contributed by atoms with Gasteiger partial charge in [-0.05, 0) is 19.9 Å². The number of hydrogen-bond acceptors (Lipinski definition) is 6. The van der Waals surface area contributed by atoms with E-state index in [-0.39, 0.29) is 19.1 Å². The van der Waals surface area contributed by atoms with Crippen LogP contribution in [0.5, 0.6) is 0 Å². The highest BCUT2D eigenvalue weighted by atomic mass is 32.2. The molecular weight excluding hydrogens is 312 g/mol. The summed E-state index contributed by atoms with van der Waals surface area (Å²) in [7, 11) is -4.32. The van der Waals surface area contributed by atoms with E-state index in [4.69, 9.17) is 10.3 Å². The predicted octanol–water partition coefficient (Wildman–Crippen LogP) is -1.09. The summed E-state index contributed by atoms with van der Waals surface area (Å²) in [6.45, 7) is 4.76. The third-order valence-corrected chi connectivity index (χ3v) is 4.39. The number of aryl methyl sites for hydroxylation is 2. The van der Waals surface area contributed by atoms with Gasteiger partial charge in [0.2, 0.25) is 0 Å². The molecule has 2 heterocycles. The van der Waals surface area contributed by atoms with E-state index >= 15 is 0 Å². The predicted molar refractivity (Wildman–Crippen MR) is 79.1 cm³/mol. The number of nitrogens with zero attached hydrogens (tertiary/aromatic N) is 4. The Morgan fingerprint density at radius 2 is 1.95 bits per heavy atom. The normalized spacial score (nSPS) is 18.3. The van der Waals surface area contributed by atoms with Gasteiger partial charge < -0.3 is 10.6 Å². The van der Waals surface area contributed by atoms with Crippen molar-refractivity contribution in [3.8, 4) is 0 Å². The van der Waals surface area contributed by atoms with Gasteiger partial charge in [0.05, 0.1) is 11.4 Å². The largest absolute Gasteiger partial charge is 0.337 e. The van der Waals surface area contributed by atoms with Gasteiger partial charge >= 0.3 is 6.03 Å². The molecule has 2 amide bonds. The summed E-state index contributed by atoms with van der Waals surface area (Å²) >= 11 is 0. The summed E-state index contributed by atoms with van der Waals surface area (Å²) in [6.07, 6.45) is 0. The fraction of sp³-hybridized carbons (Fsp3) is 0.636. The first-order chi connectivity index (χ1) is 10.2. The van der Waals surface area contributed by atoms with Crippen molar-refractivity contribution >= 4 is 16.1 Å². The number of nitrogens with one attached hydrogen (secondary N) is 1. The third-order valence-electron chi connectivity index (χ3n) is 3.48. The Bertz CT molecular complexity index is 650. The van der Waals surface area contributed by atoms with Crippen LogP contribution in [0.4, 0.5) is 4.79 Å². The van der Waals surface area contributed by atoms with Crippen molar-refractivity contribution < 1.29 is 17.8 Å². The second-order valence-electron chi connectivity index (χ2n) is 5.18. The standard InChI is InChI=1S/C11H20N6O4S/c1-8-7-9(2)17(13-8)14-11(18)16-5-3-15(4-6-16)10(12)22(19,20)21/h7,10H,3-6,12H2,1-2H3,(H,14,18)(H,19,20,21). The van der Waals surface area contributed by atoms with Crippen molar-refractivity contribution in [2.24, 2.45) is 5.73 Å². The van der Waals surface area contributed by atoms with Gasteiger partial charge in [0.1, 0.15) is 0 Å². The van der Waals surface area contributed by atoms with Gasteiger partial charge in [-0.1, -0.05) is 0 Å². The van der Waals surface area contributed by atoms with Crippen LogP contribution in [0.1, 0.15) is 11.4 Å². The molecule has 1 fully saturated rings. The highest BCUT2D eigenvalue weighted by Crippen LogP contribution is 2.08. The fourth-order valence-electron chi connectivity index (χ4n) is 2.27. The minimum atomic E-state index is -4.32. The molecule has 1 atom stereocenters. The number of piperazine rings is 1. The fourth-order valence-corrected chi connectivity index (χ4v) is 2.86. The van der Waals surface area contributed by atoms with Gasteiger partial charge in [0, 0.05) is 26.2 Å². The van der Waals surface area contributed by atoms with Crippen molar-refractivity contribution in [3.05, 3.63) is 17.5 Å². The van der Waals surface area contributed by atoms with E-state index < -0.39 is 15.6 Å². The first-order valence-electron chi connectivity index (χ1n) is 6.73. The molecule has 0 spiro atoms. The van der Waals surface area contributed by atoms with Crippen molar-refractivity contribution in [2.75, 3.05) is 31.6 Å². The van der Waals surface area contributed by atoms with Crippen LogP contribution < -0.4 is 11.2 Å². The lowest BCUT2D eigenvalue weighted by Gasteiger charge is -2.36. The lowest BCUT2D eigenvalue weighted by molar-refractivity contribution is 0.134. The van der Waals surface area contributed by atoms with Crippen LogP contribution >= 0.6 is 0 Å². The van der Waals surface area contributed by atoms with Crippen LogP contribution in [0, 0.1) is 13.8 Å². The minimum Gasteiger partial charge on any atom is -0.321 e. The van der Waals surface area contributed by atoms with Gasteiger partial charge in [-0.3, -0.25) is 9.45 Å². The van der Waals surface area contributed by atoms with Crippen molar-refractivity contribution in [2.45, 2.75) is 19.3 Å². The topological polar surface area (TPSA) is 134 Å². The Morgan fingerprint density at radius 1 is 1.36 bits per heavy atom. The molecule has 1 unspecified atom stereocenters. The summed E-state index contributed by atoms with van der Waals surface area (Å²) in [5.74, 6) is 0. The van der Waals surface area contributed by atoms with Crippen LogP contribution in [-0.2, 0) is 10.1 Å². The highest BCUT2D eigenvalue weighted by molar-refractivity contribution is 7.86. The molecule has 0 saturated carbocycles. The number of carbonyl (C=O) groups excluding carboxylic acids is 1. The average Bonchev–Trinajstić information content (AvgIpc) is 2.75. The zero-order valence-electron chi connectivity index (χ0n) is 12.4. The number of carbonyl (C=O) groups is 1. The van der Waals surface area contributed by atoms with Crippen LogP contribution in [0.25, 0.3) is 0 Å². The van der Waals surface area contributed by atoms with Crippen LogP contribution in [-0.4, -0.2) is 70.4 Å². The van der Waals surface area contributed by atoms with E-state index in [1.165, 1.54) is 14.6 Å². The maximum Gasteiger partial charge on any atom is 0.337 e. The molecule has 10 nitrogen and oxygen atoms in total. The summed E-state index contributed by atoms with van der Waals surface area (Å²) in [5.41, 5.74) is 8.23.